The predicted octanol–water partition coefficient (Wildman–Crippen LogP) is 1.57. The number of carbonyl (C=O) groups excluding carboxylic acids is 1. The third kappa shape index (κ3) is 1.79. The van der Waals surface area contributed by atoms with Crippen LogP contribution in [0, 0.1) is 6.92 Å². The van der Waals surface area contributed by atoms with E-state index in [1.54, 1.807) is 12.4 Å². The van der Waals surface area contributed by atoms with Crippen LogP contribution in [0.1, 0.15) is 16.3 Å². The lowest BCUT2D eigenvalue weighted by Crippen LogP contribution is -2.03. The lowest BCUT2D eigenvalue weighted by Gasteiger charge is -1.95. The Balaban J connectivity index is 2.44. The van der Waals surface area contributed by atoms with Crippen LogP contribution >= 0.6 is 0 Å². The van der Waals surface area contributed by atoms with Gasteiger partial charge in [0.2, 0.25) is 5.82 Å². The molecular weight excluding hydrogens is 206 g/mol. The third-order valence-corrected chi connectivity index (χ3v) is 2.20. The lowest BCUT2D eigenvalue weighted by molar-refractivity contribution is 0.0588. The number of nitrogens with zero attached hydrogens (tertiary/aromatic N) is 2. The molecular formula is C11H11N3O2. The molecule has 0 radical (unpaired) electrons. The van der Waals surface area contributed by atoms with Crippen LogP contribution in [0.3, 0.4) is 0 Å². The zero-order valence-electron chi connectivity index (χ0n) is 9.02. The molecule has 0 amide bonds. The van der Waals surface area contributed by atoms with E-state index in [4.69, 9.17) is 0 Å². The quantitative estimate of drug-likeness (QED) is 0.775. The van der Waals surface area contributed by atoms with Crippen molar-refractivity contribution in [1.82, 2.24) is 15.0 Å². The molecule has 2 heterocycles. The molecule has 0 aliphatic heterocycles. The molecule has 0 aliphatic rings. The second-order valence-electron chi connectivity index (χ2n) is 3.29. The van der Waals surface area contributed by atoms with Crippen molar-refractivity contribution < 1.29 is 9.53 Å². The molecule has 0 fully saturated rings. The largest absolute Gasteiger partial charge is 0.463 e. The Morgan fingerprint density at radius 1 is 1.50 bits per heavy atom. The Kier molecular flexibility index (Phi) is 2.68. The van der Waals surface area contributed by atoms with Crippen molar-refractivity contribution >= 4 is 5.97 Å². The van der Waals surface area contributed by atoms with Crippen molar-refractivity contribution in [1.29, 1.82) is 0 Å². The maximum Gasteiger partial charge on any atom is 0.374 e. The molecule has 0 aromatic carbocycles. The summed E-state index contributed by atoms with van der Waals surface area (Å²) in [5.74, 6) is -0.267. The van der Waals surface area contributed by atoms with Crippen LogP contribution in [-0.4, -0.2) is 28.0 Å². The molecule has 82 valence electrons. The number of aryl methyl sites for hydroxylation is 1. The van der Waals surface area contributed by atoms with Gasteiger partial charge in [0.05, 0.1) is 12.8 Å². The van der Waals surface area contributed by atoms with Crippen LogP contribution in [0.5, 0.6) is 0 Å². The summed E-state index contributed by atoms with van der Waals surface area (Å²) in [5, 5.41) is 0. The van der Waals surface area contributed by atoms with Gasteiger partial charge in [0, 0.05) is 23.7 Å². The van der Waals surface area contributed by atoms with Gasteiger partial charge >= 0.3 is 5.97 Å². The van der Waals surface area contributed by atoms with Crippen molar-refractivity contribution in [3.05, 3.63) is 36.0 Å². The molecule has 2 aromatic rings. The van der Waals surface area contributed by atoms with Crippen molar-refractivity contribution in [3.8, 4) is 11.3 Å². The van der Waals surface area contributed by atoms with Crippen molar-refractivity contribution in [3.63, 3.8) is 0 Å². The Hall–Kier alpha value is -2.17. The van der Waals surface area contributed by atoms with Gasteiger partial charge in [0.25, 0.3) is 0 Å². The van der Waals surface area contributed by atoms with Crippen molar-refractivity contribution in [2.45, 2.75) is 6.92 Å². The fraction of sp³-hybridized carbons (Fsp3) is 0.182. The molecule has 16 heavy (non-hydrogen) atoms. The molecule has 5 nitrogen and oxygen atoms in total. The monoisotopic (exact) mass is 217 g/mol. The van der Waals surface area contributed by atoms with Gasteiger partial charge in [-0.3, -0.25) is 4.98 Å². The standard InChI is InChI=1S/C11H11N3O2/c1-7-9(8-4-3-5-12-6-8)14-10(13-7)11(15)16-2/h3-6H,1-2H3,(H,13,14). The van der Waals surface area contributed by atoms with E-state index in [1.165, 1.54) is 7.11 Å². The Labute approximate surface area is 92.5 Å². The van der Waals surface area contributed by atoms with Gasteiger partial charge in [-0.15, -0.1) is 0 Å². The third-order valence-electron chi connectivity index (χ3n) is 2.20. The number of methoxy groups -OCH3 is 1. The fourth-order valence-electron chi connectivity index (χ4n) is 1.44. The highest BCUT2D eigenvalue weighted by molar-refractivity contribution is 5.86. The zero-order chi connectivity index (χ0) is 11.5. The number of pyridine rings is 1. The average molecular weight is 217 g/mol. The maximum atomic E-state index is 11.3. The molecule has 0 aliphatic carbocycles. The number of nitrogens with one attached hydrogen (secondary N) is 1. The van der Waals surface area contributed by atoms with Gasteiger partial charge in [0.1, 0.15) is 0 Å². The van der Waals surface area contributed by atoms with Crippen LogP contribution in [0.4, 0.5) is 0 Å². The maximum absolute atomic E-state index is 11.3. The van der Waals surface area contributed by atoms with Crippen LogP contribution in [0.15, 0.2) is 24.5 Å². The van der Waals surface area contributed by atoms with Gasteiger partial charge in [0.15, 0.2) is 0 Å². The number of aromatic nitrogens is 3. The molecule has 0 saturated heterocycles. The number of ether oxygens (including phenoxy) is 1. The number of imidazole rings is 1. The summed E-state index contributed by atoms with van der Waals surface area (Å²) in [6.45, 7) is 1.85. The van der Waals surface area contributed by atoms with Crippen molar-refractivity contribution in [2.75, 3.05) is 7.11 Å². The van der Waals surface area contributed by atoms with Crippen molar-refractivity contribution in [2.24, 2.45) is 0 Å². The van der Waals surface area contributed by atoms with Gasteiger partial charge in [-0.1, -0.05) is 0 Å². The molecule has 2 aromatic heterocycles. The van der Waals surface area contributed by atoms with Crippen LogP contribution in [0.2, 0.25) is 0 Å². The highest BCUT2D eigenvalue weighted by Gasteiger charge is 2.14. The van der Waals surface area contributed by atoms with E-state index in [0.29, 0.717) is 5.69 Å². The first kappa shape index (κ1) is 10.4. The first-order chi connectivity index (χ1) is 7.72. The summed E-state index contributed by atoms with van der Waals surface area (Å²) in [6.07, 6.45) is 3.39. The second-order valence-corrected chi connectivity index (χ2v) is 3.29. The highest BCUT2D eigenvalue weighted by Crippen LogP contribution is 2.19. The number of rotatable bonds is 2. The SMILES string of the molecule is COC(=O)c1nc(-c2cccnc2)c(C)[nH]1. The van der Waals surface area contributed by atoms with Gasteiger partial charge in [-0.2, -0.15) is 0 Å². The number of aromatic amines is 1. The average Bonchev–Trinajstić information content (AvgIpc) is 2.71. The predicted molar refractivity (Wildman–Crippen MR) is 57.9 cm³/mol. The summed E-state index contributed by atoms with van der Waals surface area (Å²) < 4.78 is 4.59. The van der Waals surface area contributed by atoms with Gasteiger partial charge in [-0.05, 0) is 19.1 Å². The summed E-state index contributed by atoms with van der Waals surface area (Å²) in [4.78, 5) is 22.3. The van der Waals surface area contributed by atoms with E-state index in [9.17, 15) is 4.79 Å². The summed E-state index contributed by atoms with van der Waals surface area (Å²) >= 11 is 0. The van der Waals surface area contributed by atoms with Crippen LogP contribution in [-0.2, 0) is 4.74 Å². The Morgan fingerprint density at radius 3 is 2.94 bits per heavy atom. The molecule has 0 unspecified atom stereocenters. The van der Waals surface area contributed by atoms with E-state index in [2.05, 4.69) is 19.7 Å². The number of hydrogen-bond donors (Lipinski definition) is 1. The van der Waals surface area contributed by atoms with E-state index < -0.39 is 5.97 Å². The first-order valence-corrected chi connectivity index (χ1v) is 4.77. The Morgan fingerprint density at radius 2 is 2.31 bits per heavy atom. The summed E-state index contributed by atoms with van der Waals surface area (Å²) in [5.41, 5.74) is 2.40. The minimum Gasteiger partial charge on any atom is -0.463 e. The number of carbonyl (C=O) groups is 1. The van der Waals surface area contributed by atoms with Gasteiger partial charge < -0.3 is 9.72 Å². The summed E-state index contributed by atoms with van der Waals surface area (Å²) in [6, 6.07) is 3.71. The normalized spacial score (nSPS) is 10.1. The molecule has 2 rings (SSSR count). The summed E-state index contributed by atoms with van der Waals surface area (Å²) in [7, 11) is 1.32. The lowest BCUT2D eigenvalue weighted by atomic mass is 10.2. The topological polar surface area (TPSA) is 67.9 Å². The van der Waals surface area contributed by atoms with E-state index >= 15 is 0 Å². The molecule has 0 saturated carbocycles. The van der Waals surface area contributed by atoms with Crippen LogP contribution < -0.4 is 0 Å². The second kappa shape index (κ2) is 4.14. The number of H-pyrrole nitrogens is 1. The molecule has 1 N–H and O–H groups in total. The molecule has 0 spiro atoms. The fourth-order valence-corrected chi connectivity index (χ4v) is 1.44. The minimum absolute atomic E-state index is 0.207. The van der Waals surface area contributed by atoms with Crippen LogP contribution in [0.25, 0.3) is 11.3 Å². The highest BCUT2D eigenvalue weighted by atomic mass is 16.5. The zero-order valence-corrected chi connectivity index (χ0v) is 9.02. The number of hydrogen-bond acceptors (Lipinski definition) is 4. The van der Waals surface area contributed by atoms with E-state index in [0.717, 1.165) is 11.3 Å². The van der Waals surface area contributed by atoms with Gasteiger partial charge in [-0.25, -0.2) is 9.78 Å². The minimum atomic E-state index is -0.474. The van der Waals surface area contributed by atoms with E-state index in [1.807, 2.05) is 19.1 Å². The first-order valence-electron chi connectivity index (χ1n) is 4.77. The number of esters is 1. The molecule has 0 bridgehead atoms. The Bertz CT molecular complexity index is 505. The smallest absolute Gasteiger partial charge is 0.374 e. The molecule has 0 atom stereocenters. The van der Waals surface area contributed by atoms with E-state index in [-0.39, 0.29) is 5.82 Å². The molecule has 5 heteroatoms.